The van der Waals surface area contributed by atoms with E-state index in [1.807, 2.05) is 25.2 Å². The van der Waals surface area contributed by atoms with Gasteiger partial charge in [0.25, 0.3) is 0 Å². The van der Waals surface area contributed by atoms with Crippen LogP contribution in [-0.2, 0) is 27.3 Å². The van der Waals surface area contributed by atoms with E-state index < -0.39 is 18.1 Å². The molecule has 1 saturated carbocycles. The number of carbonyl (C=O) groups is 3. The molecule has 11 heteroatoms. The van der Waals surface area contributed by atoms with Gasteiger partial charge in [-0.15, -0.1) is 0 Å². The first-order chi connectivity index (χ1) is 23.1. The van der Waals surface area contributed by atoms with Crippen molar-refractivity contribution in [1.29, 1.82) is 0 Å². The zero-order chi connectivity index (χ0) is 34.1. The number of likely N-dealkylation sites (N-methyl/N-ethyl adjacent to an activating group) is 1. The van der Waals surface area contributed by atoms with Crippen molar-refractivity contribution in [3.63, 3.8) is 0 Å². The number of fused-ring (bicyclic) bond motifs is 7. The third kappa shape index (κ3) is 6.77. The maximum atomic E-state index is 13.5. The number of amides is 1. The number of Topliss-reactive ketones (excluding diaryl/α,β-unsaturated/α-hetero) is 1. The maximum Gasteiger partial charge on any atom is 0.231 e. The van der Waals surface area contributed by atoms with E-state index in [9.17, 15) is 29.7 Å². The smallest absolute Gasteiger partial charge is 0.231 e. The van der Waals surface area contributed by atoms with Gasteiger partial charge in [-0.3, -0.25) is 14.5 Å². The van der Waals surface area contributed by atoms with Crippen LogP contribution in [0.4, 0.5) is 0 Å². The molecule has 1 amide bonds. The highest BCUT2D eigenvalue weighted by Crippen LogP contribution is 2.53. The van der Waals surface area contributed by atoms with E-state index in [1.165, 1.54) is 7.05 Å². The first kappa shape index (κ1) is 34.2. The van der Waals surface area contributed by atoms with Crippen LogP contribution in [0.1, 0.15) is 86.1 Å². The van der Waals surface area contributed by atoms with Crippen molar-refractivity contribution in [2.75, 3.05) is 27.5 Å². The van der Waals surface area contributed by atoms with Crippen molar-refractivity contribution in [3.05, 3.63) is 46.5 Å². The minimum Gasteiger partial charge on any atom is -0.504 e. The van der Waals surface area contributed by atoms with Crippen LogP contribution >= 0.6 is 0 Å². The molecule has 2 aliphatic carbocycles. The number of benzene rings is 2. The average Bonchev–Trinajstić information content (AvgIpc) is 3.54. The number of aldehydes is 1. The molecule has 2 heterocycles. The van der Waals surface area contributed by atoms with Crippen molar-refractivity contribution in [2.24, 2.45) is 23.7 Å². The molecule has 0 bridgehead atoms. The molecule has 11 nitrogen and oxygen atoms in total. The van der Waals surface area contributed by atoms with Crippen LogP contribution < -0.4 is 19.5 Å². The van der Waals surface area contributed by atoms with Crippen LogP contribution in [0.2, 0.25) is 0 Å². The first-order valence-corrected chi connectivity index (χ1v) is 17.2. The predicted octanol–water partition coefficient (Wildman–Crippen LogP) is 3.79. The van der Waals surface area contributed by atoms with Crippen LogP contribution in [0, 0.1) is 23.7 Å². The molecule has 48 heavy (non-hydrogen) atoms. The topological polar surface area (TPSA) is 155 Å². The van der Waals surface area contributed by atoms with E-state index in [0.29, 0.717) is 44.6 Å². The summed E-state index contributed by atoms with van der Waals surface area (Å²) in [6, 6.07) is 7.43. The highest BCUT2D eigenvalue weighted by molar-refractivity contribution is 5.84. The van der Waals surface area contributed by atoms with E-state index in [0.717, 1.165) is 46.5 Å². The number of ether oxygens (including phenoxy) is 3. The lowest BCUT2D eigenvalue weighted by Gasteiger charge is -2.46. The number of phenolic OH excluding ortho intramolecular Hbond substituents is 1. The van der Waals surface area contributed by atoms with Crippen LogP contribution in [-0.4, -0.2) is 77.9 Å². The van der Waals surface area contributed by atoms with Crippen molar-refractivity contribution in [2.45, 2.75) is 89.0 Å². The van der Waals surface area contributed by atoms with E-state index >= 15 is 0 Å². The fourth-order valence-electron chi connectivity index (χ4n) is 8.65. The molecule has 260 valence electrons. The Hall–Kier alpha value is -3.67. The third-order valence-electron chi connectivity index (χ3n) is 10.9. The number of hydrogen-bond donors (Lipinski definition) is 4. The molecule has 2 aliphatic heterocycles. The number of aromatic hydroxyl groups is 1. The van der Waals surface area contributed by atoms with E-state index in [1.54, 1.807) is 6.07 Å². The molecule has 4 aliphatic rings. The lowest BCUT2D eigenvalue weighted by Crippen LogP contribution is -2.43. The van der Waals surface area contributed by atoms with Gasteiger partial charge in [-0.1, -0.05) is 13.0 Å². The largest absolute Gasteiger partial charge is 0.504 e. The minimum atomic E-state index is -0.907. The molecule has 4 N–H and O–H groups in total. The Balaban J connectivity index is 1.10. The number of aliphatic hydroxyl groups is 2. The number of carbonyl (C=O) groups excluding carboxylic acids is 3. The average molecular weight is 665 g/mol. The summed E-state index contributed by atoms with van der Waals surface area (Å²) in [5.41, 5.74) is 4.00. The molecular formula is C37H48N2O9. The molecule has 1 fully saturated rings. The number of hydrogen-bond acceptors (Lipinski definition) is 10. The molecule has 0 saturated heterocycles. The minimum absolute atomic E-state index is 0.0221. The number of ketones is 1. The predicted molar refractivity (Wildman–Crippen MR) is 176 cm³/mol. The highest BCUT2D eigenvalue weighted by Gasteiger charge is 2.45. The van der Waals surface area contributed by atoms with Gasteiger partial charge in [-0.25, -0.2) is 0 Å². The van der Waals surface area contributed by atoms with Crippen molar-refractivity contribution < 1.29 is 43.9 Å². The fourth-order valence-corrected chi connectivity index (χ4v) is 8.65. The Morgan fingerprint density at radius 3 is 2.79 bits per heavy atom. The quantitative estimate of drug-likeness (QED) is 0.195. The second-order valence-electron chi connectivity index (χ2n) is 14.3. The van der Waals surface area contributed by atoms with E-state index in [2.05, 4.69) is 17.1 Å². The summed E-state index contributed by atoms with van der Waals surface area (Å²) in [5, 5.41) is 35.9. The summed E-state index contributed by atoms with van der Waals surface area (Å²) in [6.07, 6.45) is 2.67. The van der Waals surface area contributed by atoms with Gasteiger partial charge in [0.1, 0.15) is 12.1 Å². The number of rotatable bonds is 12. The first-order valence-electron chi connectivity index (χ1n) is 17.2. The van der Waals surface area contributed by atoms with Crippen molar-refractivity contribution in [1.82, 2.24) is 10.2 Å². The summed E-state index contributed by atoms with van der Waals surface area (Å²) in [4.78, 5) is 38.8. The lowest BCUT2D eigenvalue weighted by molar-refractivity contribution is -0.135. The standard InChI is InChI=1S/C37H48N2O9/c1-20-11-22(36(45)26(12-20)28(41)13-21(8-9-40)14-33(44)38-2)5-4-10-46-32-17-25-23(15-29(32)42)16-30(43)34-24-6-7-31-37(48-19-47-31)27(24)18-39(3)35(25)34/h6-7,9,15,17,20-22,26,28,30,34-35,41-43H,4-5,8,10-14,16,18-19H2,1-3H3,(H,38,44)/t20?,21?,22?,26?,28?,30?,34-,35+/m0/s1. The van der Waals surface area contributed by atoms with Gasteiger partial charge >= 0.3 is 0 Å². The van der Waals surface area contributed by atoms with Gasteiger partial charge in [0.15, 0.2) is 23.0 Å². The molecule has 6 rings (SSSR count). The zero-order valence-corrected chi connectivity index (χ0v) is 28.0. The van der Waals surface area contributed by atoms with Crippen molar-refractivity contribution >= 4 is 18.0 Å². The summed E-state index contributed by atoms with van der Waals surface area (Å²) < 4.78 is 17.5. The Kier molecular flexibility index (Phi) is 10.3. The normalized spacial score (nSPS) is 27.3. The van der Waals surface area contributed by atoms with Gasteiger partial charge < -0.3 is 39.6 Å². The molecule has 8 atom stereocenters. The van der Waals surface area contributed by atoms with Gasteiger partial charge in [-0.2, -0.15) is 0 Å². The fraction of sp³-hybridized carbons (Fsp3) is 0.595. The van der Waals surface area contributed by atoms with Crippen LogP contribution in [0.3, 0.4) is 0 Å². The molecule has 0 radical (unpaired) electrons. The maximum absolute atomic E-state index is 13.5. The molecule has 2 aromatic carbocycles. The van der Waals surface area contributed by atoms with E-state index in [-0.39, 0.29) is 73.2 Å². The molecule has 0 spiro atoms. The van der Waals surface area contributed by atoms with Crippen molar-refractivity contribution in [3.8, 4) is 23.0 Å². The third-order valence-corrected chi connectivity index (χ3v) is 10.9. The molecular weight excluding hydrogens is 616 g/mol. The van der Waals surface area contributed by atoms with Gasteiger partial charge in [0.2, 0.25) is 12.7 Å². The zero-order valence-electron chi connectivity index (χ0n) is 28.0. The van der Waals surface area contributed by atoms with Crippen LogP contribution in [0.15, 0.2) is 24.3 Å². The Bertz CT molecular complexity index is 1530. The summed E-state index contributed by atoms with van der Waals surface area (Å²) in [7, 11) is 3.57. The van der Waals surface area contributed by atoms with Gasteiger partial charge in [-0.05, 0) is 92.3 Å². The van der Waals surface area contributed by atoms with E-state index in [4.69, 9.17) is 14.2 Å². The summed E-state index contributed by atoms with van der Waals surface area (Å²) >= 11 is 0. The van der Waals surface area contributed by atoms with Crippen LogP contribution in [0.25, 0.3) is 0 Å². The second kappa shape index (κ2) is 14.4. The van der Waals surface area contributed by atoms with Gasteiger partial charge in [0, 0.05) is 55.8 Å². The number of nitrogens with one attached hydrogen (secondary N) is 1. The van der Waals surface area contributed by atoms with Gasteiger partial charge in [0.05, 0.1) is 18.8 Å². The molecule has 6 unspecified atom stereocenters. The Morgan fingerprint density at radius 1 is 1.21 bits per heavy atom. The highest BCUT2D eigenvalue weighted by atomic mass is 16.7. The monoisotopic (exact) mass is 664 g/mol. The SMILES string of the molecule is CNC(=O)CC(CC=O)CC(O)C1CC(C)CC(CCCOc2cc3c(cc2O)CC(O)[C@@H]2c4ccc5c(c4CN(C)[C@H]32)OCO5)C1=O. The lowest BCUT2D eigenvalue weighted by atomic mass is 9.70. The molecule has 0 aromatic heterocycles. The Morgan fingerprint density at radius 2 is 2.02 bits per heavy atom. The number of nitrogens with zero attached hydrogens (tertiary/aromatic N) is 1. The summed E-state index contributed by atoms with van der Waals surface area (Å²) in [6.45, 7) is 3.22. The second-order valence-corrected chi connectivity index (χ2v) is 14.3. The summed E-state index contributed by atoms with van der Waals surface area (Å²) in [5.74, 6) is 0.735. The number of phenols is 1. The number of aliphatic hydroxyl groups excluding tert-OH is 2. The molecule has 2 aromatic rings. The Labute approximate surface area is 281 Å². The van der Waals surface area contributed by atoms with Crippen LogP contribution in [0.5, 0.6) is 23.0 Å².